The van der Waals surface area contributed by atoms with Crippen molar-refractivity contribution in [1.29, 1.82) is 0 Å². The van der Waals surface area contributed by atoms with Crippen LogP contribution in [0.15, 0.2) is 0 Å². The topological polar surface area (TPSA) is 35.5 Å². The van der Waals surface area contributed by atoms with Crippen LogP contribution in [0.3, 0.4) is 0 Å². The molecule has 0 radical (unpaired) electrons. The average molecular weight is 399 g/mol. The molecule has 0 aliphatic rings. The lowest BCUT2D eigenvalue weighted by Gasteiger charge is -2.19. The fraction of sp³-hybridized carbons (Fsp3) is 0.960. The highest BCUT2D eigenvalue weighted by molar-refractivity contribution is 5.59. The molecular formula is C25H50O3. The first-order chi connectivity index (χ1) is 13.7. The van der Waals surface area contributed by atoms with Crippen molar-refractivity contribution in [3.63, 3.8) is 0 Å². The zero-order valence-corrected chi connectivity index (χ0v) is 19.6. The SMILES string of the molecule is CCCCCCC(CCCC)COC(=O)OCC(CCCC)CCCCCC. The zero-order chi connectivity index (χ0) is 20.9. The van der Waals surface area contributed by atoms with Gasteiger partial charge >= 0.3 is 6.16 Å². The van der Waals surface area contributed by atoms with Gasteiger partial charge in [0.25, 0.3) is 0 Å². The fourth-order valence-electron chi connectivity index (χ4n) is 3.74. The Morgan fingerprint density at radius 2 is 0.893 bits per heavy atom. The minimum atomic E-state index is -0.454. The Morgan fingerprint density at radius 1 is 0.536 bits per heavy atom. The fourth-order valence-corrected chi connectivity index (χ4v) is 3.74. The van der Waals surface area contributed by atoms with Gasteiger partial charge in [-0.3, -0.25) is 0 Å². The Morgan fingerprint density at radius 3 is 1.25 bits per heavy atom. The molecule has 0 bridgehead atoms. The summed E-state index contributed by atoms with van der Waals surface area (Å²) in [4.78, 5) is 12.1. The highest BCUT2D eigenvalue weighted by Gasteiger charge is 2.15. The van der Waals surface area contributed by atoms with E-state index in [4.69, 9.17) is 9.47 Å². The van der Waals surface area contributed by atoms with Crippen LogP contribution in [0, 0.1) is 11.8 Å². The van der Waals surface area contributed by atoms with Gasteiger partial charge in [-0.05, 0) is 37.5 Å². The predicted molar refractivity (Wildman–Crippen MR) is 121 cm³/mol. The number of unbranched alkanes of at least 4 members (excludes halogenated alkanes) is 8. The number of rotatable bonds is 20. The normalized spacial score (nSPS) is 13.3. The van der Waals surface area contributed by atoms with Gasteiger partial charge < -0.3 is 9.47 Å². The van der Waals surface area contributed by atoms with Crippen LogP contribution in [0.4, 0.5) is 4.79 Å². The molecule has 0 aromatic rings. The molecule has 0 heterocycles. The smallest absolute Gasteiger partial charge is 0.434 e. The minimum absolute atomic E-state index is 0.454. The number of hydrogen-bond donors (Lipinski definition) is 0. The van der Waals surface area contributed by atoms with Crippen LogP contribution in [0.1, 0.15) is 130 Å². The van der Waals surface area contributed by atoms with Crippen molar-refractivity contribution in [1.82, 2.24) is 0 Å². The highest BCUT2D eigenvalue weighted by Crippen LogP contribution is 2.20. The van der Waals surface area contributed by atoms with Crippen LogP contribution in [-0.2, 0) is 9.47 Å². The van der Waals surface area contributed by atoms with Crippen molar-refractivity contribution < 1.29 is 14.3 Å². The van der Waals surface area contributed by atoms with E-state index in [0.29, 0.717) is 25.0 Å². The predicted octanol–water partition coefficient (Wildman–Crippen LogP) is 8.69. The second kappa shape index (κ2) is 21.0. The van der Waals surface area contributed by atoms with Crippen molar-refractivity contribution in [3.8, 4) is 0 Å². The Labute approximate surface area is 176 Å². The second-order valence-electron chi connectivity index (χ2n) is 8.59. The van der Waals surface area contributed by atoms with Crippen molar-refractivity contribution in [2.75, 3.05) is 13.2 Å². The van der Waals surface area contributed by atoms with Crippen LogP contribution < -0.4 is 0 Å². The third-order valence-corrected chi connectivity index (χ3v) is 5.74. The van der Waals surface area contributed by atoms with Gasteiger partial charge in [-0.2, -0.15) is 0 Å². The van der Waals surface area contributed by atoms with E-state index in [0.717, 1.165) is 12.8 Å². The maximum atomic E-state index is 12.1. The van der Waals surface area contributed by atoms with Gasteiger partial charge in [-0.15, -0.1) is 0 Å². The number of ether oxygens (including phenoxy) is 2. The standard InChI is InChI=1S/C25H50O3/c1-5-9-13-15-19-23(17-11-7-3)21-27-25(26)28-22-24(18-12-8-4)20-16-14-10-6-2/h23-24H,5-22H2,1-4H3. The Balaban J connectivity index is 4.16. The van der Waals surface area contributed by atoms with E-state index in [9.17, 15) is 4.79 Å². The Kier molecular flexibility index (Phi) is 20.4. The summed E-state index contributed by atoms with van der Waals surface area (Å²) in [6, 6.07) is 0. The van der Waals surface area contributed by atoms with E-state index in [1.807, 2.05) is 0 Å². The Bertz CT molecular complexity index is 300. The van der Waals surface area contributed by atoms with Crippen LogP contribution >= 0.6 is 0 Å². The van der Waals surface area contributed by atoms with E-state index < -0.39 is 6.16 Å². The first-order valence-electron chi connectivity index (χ1n) is 12.5. The number of carbonyl (C=O) groups is 1. The lowest BCUT2D eigenvalue weighted by molar-refractivity contribution is 0.0301. The van der Waals surface area contributed by atoms with E-state index in [-0.39, 0.29) is 0 Å². The molecule has 28 heavy (non-hydrogen) atoms. The summed E-state index contributed by atoms with van der Waals surface area (Å²) in [5.41, 5.74) is 0. The maximum Gasteiger partial charge on any atom is 0.508 e. The van der Waals surface area contributed by atoms with Gasteiger partial charge in [-0.1, -0.05) is 105 Å². The number of hydrogen-bond acceptors (Lipinski definition) is 3. The van der Waals surface area contributed by atoms with E-state index >= 15 is 0 Å². The molecule has 0 aromatic carbocycles. The molecule has 0 amide bonds. The molecule has 0 saturated carbocycles. The summed E-state index contributed by atoms with van der Waals surface area (Å²) in [5.74, 6) is 0.989. The van der Waals surface area contributed by atoms with E-state index in [1.54, 1.807) is 0 Å². The lowest BCUT2D eigenvalue weighted by atomic mass is 9.96. The summed E-state index contributed by atoms with van der Waals surface area (Å²) >= 11 is 0. The molecular weight excluding hydrogens is 348 g/mol. The Hall–Kier alpha value is -0.730. The largest absolute Gasteiger partial charge is 0.508 e. The molecule has 3 nitrogen and oxygen atoms in total. The van der Waals surface area contributed by atoms with Crippen LogP contribution in [-0.4, -0.2) is 19.4 Å². The average Bonchev–Trinajstić information content (AvgIpc) is 2.71. The number of carbonyl (C=O) groups excluding carboxylic acids is 1. The maximum absolute atomic E-state index is 12.1. The van der Waals surface area contributed by atoms with Crippen LogP contribution in [0.5, 0.6) is 0 Å². The summed E-state index contributed by atoms with van der Waals surface area (Å²) in [6.07, 6.45) is 19.3. The lowest BCUT2D eigenvalue weighted by Crippen LogP contribution is -2.19. The van der Waals surface area contributed by atoms with Crippen LogP contribution in [0.25, 0.3) is 0 Å². The summed E-state index contributed by atoms with van der Waals surface area (Å²) in [5, 5.41) is 0. The molecule has 0 fully saturated rings. The van der Waals surface area contributed by atoms with Gasteiger partial charge in [0.1, 0.15) is 0 Å². The minimum Gasteiger partial charge on any atom is -0.434 e. The molecule has 0 aliphatic heterocycles. The van der Waals surface area contributed by atoms with Crippen LogP contribution in [0.2, 0.25) is 0 Å². The van der Waals surface area contributed by atoms with E-state index in [2.05, 4.69) is 27.7 Å². The van der Waals surface area contributed by atoms with Gasteiger partial charge in [0.05, 0.1) is 13.2 Å². The second-order valence-corrected chi connectivity index (χ2v) is 8.59. The third kappa shape index (κ3) is 17.4. The summed E-state index contributed by atoms with van der Waals surface area (Å²) < 4.78 is 11.0. The van der Waals surface area contributed by atoms with E-state index in [1.165, 1.54) is 89.9 Å². The molecule has 3 heteroatoms. The first kappa shape index (κ1) is 27.3. The molecule has 2 unspecified atom stereocenters. The molecule has 2 atom stereocenters. The monoisotopic (exact) mass is 398 g/mol. The summed E-state index contributed by atoms with van der Waals surface area (Å²) in [6.45, 7) is 9.99. The van der Waals surface area contributed by atoms with Crippen molar-refractivity contribution in [2.24, 2.45) is 11.8 Å². The van der Waals surface area contributed by atoms with Gasteiger partial charge in [-0.25, -0.2) is 4.79 Å². The third-order valence-electron chi connectivity index (χ3n) is 5.74. The van der Waals surface area contributed by atoms with Crippen molar-refractivity contribution >= 4 is 6.16 Å². The van der Waals surface area contributed by atoms with Gasteiger partial charge in [0, 0.05) is 0 Å². The van der Waals surface area contributed by atoms with Gasteiger partial charge in [0.2, 0.25) is 0 Å². The highest BCUT2D eigenvalue weighted by atomic mass is 16.7. The first-order valence-corrected chi connectivity index (χ1v) is 12.5. The van der Waals surface area contributed by atoms with Crippen molar-refractivity contribution in [3.05, 3.63) is 0 Å². The summed E-state index contributed by atoms with van der Waals surface area (Å²) in [7, 11) is 0. The molecule has 168 valence electrons. The molecule has 0 aromatic heterocycles. The zero-order valence-electron chi connectivity index (χ0n) is 19.6. The van der Waals surface area contributed by atoms with Gasteiger partial charge in [0.15, 0.2) is 0 Å². The quantitative estimate of drug-likeness (QED) is 0.152. The molecule has 0 rings (SSSR count). The van der Waals surface area contributed by atoms with Crippen molar-refractivity contribution in [2.45, 2.75) is 130 Å². The molecule has 0 saturated heterocycles. The molecule has 0 spiro atoms. The molecule has 0 N–H and O–H groups in total. The molecule has 0 aliphatic carbocycles.